The summed E-state index contributed by atoms with van der Waals surface area (Å²) in [6, 6.07) is 0. The Balaban J connectivity index is 0.000000360. The number of carboxylic acid groups (broad SMARTS) is 1. The van der Waals surface area contributed by atoms with Crippen molar-refractivity contribution in [2.24, 2.45) is 0 Å². The van der Waals surface area contributed by atoms with Gasteiger partial charge in [0.15, 0.2) is 0 Å². The molecule has 0 aliphatic carbocycles. The minimum Gasteiger partial charge on any atom is -0.480 e. The van der Waals surface area contributed by atoms with E-state index in [1.54, 1.807) is 11.1 Å². The van der Waals surface area contributed by atoms with Gasteiger partial charge in [0, 0.05) is 33.2 Å². The van der Waals surface area contributed by atoms with E-state index in [4.69, 9.17) is 10.00 Å². The van der Waals surface area contributed by atoms with Gasteiger partial charge >= 0.3 is 13.8 Å². The first-order chi connectivity index (χ1) is 8.34. The maximum absolute atomic E-state index is 10.3. The van der Waals surface area contributed by atoms with E-state index in [2.05, 4.69) is 9.05 Å². The molecule has 0 saturated carbocycles. The van der Waals surface area contributed by atoms with Crippen LogP contribution in [-0.2, 0) is 18.4 Å². The summed E-state index contributed by atoms with van der Waals surface area (Å²) >= 11 is 0. The van der Waals surface area contributed by atoms with Gasteiger partial charge in [0.25, 0.3) is 0 Å². The molecule has 0 atom stereocenters. The third-order valence-corrected chi connectivity index (χ3v) is 2.98. The lowest BCUT2D eigenvalue weighted by atomic mass is 10.6. The molecule has 0 saturated heterocycles. The molecule has 106 valence electrons. The average molecular weight is 282 g/mol. The van der Waals surface area contributed by atoms with E-state index >= 15 is 0 Å². The Morgan fingerprint density at radius 2 is 1.83 bits per heavy atom. The fraction of sp³-hybridized carbons (Fsp3) is 0.667. The van der Waals surface area contributed by atoms with E-state index in [-0.39, 0.29) is 6.54 Å². The summed E-state index contributed by atoms with van der Waals surface area (Å²) in [5.74, 6) is -0.785. The maximum Gasteiger partial charge on any atom is 0.471 e. The quantitative estimate of drug-likeness (QED) is 0.704. The summed E-state index contributed by atoms with van der Waals surface area (Å²) < 4.78 is 18.0. The van der Waals surface area contributed by atoms with Gasteiger partial charge in [0.1, 0.15) is 6.54 Å². The summed E-state index contributed by atoms with van der Waals surface area (Å²) in [7, 11) is -1.45. The average Bonchev–Trinajstić information content (AvgIpc) is 2.77. The standard InChI is InChI=1S/C7H12N2O2.C2H7O4P/c1-2-8-3-4-9(6-8)5-7(10)11;1-5-7(3,4)6-2/h3-4H,2,5-6H2,1H3,(H,10,11);1-2H3,(H,3,4). The highest BCUT2D eigenvalue weighted by atomic mass is 31.2. The van der Waals surface area contributed by atoms with Crippen LogP contribution in [0.2, 0.25) is 0 Å². The Labute approximate surface area is 106 Å². The zero-order valence-electron chi connectivity index (χ0n) is 10.6. The third-order valence-electron chi connectivity index (χ3n) is 2.06. The van der Waals surface area contributed by atoms with Crippen LogP contribution in [0.15, 0.2) is 12.4 Å². The van der Waals surface area contributed by atoms with Crippen molar-refractivity contribution >= 4 is 13.8 Å². The molecule has 18 heavy (non-hydrogen) atoms. The fourth-order valence-electron chi connectivity index (χ4n) is 1.07. The molecule has 0 fully saturated rings. The van der Waals surface area contributed by atoms with E-state index in [1.165, 1.54) is 0 Å². The number of phosphoric ester groups is 1. The fourth-order valence-corrected chi connectivity index (χ4v) is 1.22. The van der Waals surface area contributed by atoms with Crippen LogP contribution < -0.4 is 0 Å². The van der Waals surface area contributed by atoms with Gasteiger partial charge in [-0.25, -0.2) is 4.57 Å². The highest BCUT2D eigenvalue weighted by Gasteiger charge is 2.13. The van der Waals surface area contributed by atoms with E-state index in [9.17, 15) is 9.36 Å². The van der Waals surface area contributed by atoms with Crippen LogP contribution >= 0.6 is 7.82 Å². The lowest BCUT2D eigenvalue weighted by Crippen LogP contribution is -2.29. The number of rotatable bonds is 5. The van der Waals surface area contributed by atoms with Crippen molar-refractivity contribution in [3.05, 3.63) is 12.4 Å². The molecule has 0 aromatic carbocycles. The molecule has 1 aliphatic rings. The van der Waals surface area contributed by atoms with Crippen LogP contribution in [0.25, 0.3) is 0 Å². The molecule has 0 unspecified atom stereocenters. The Morgan fingerprint density at radius 1 is 1.33 bits per heavy atom. The molecule has 0 radical (unpaired) electrons. The maximum atomic E-state index is 10.3. The number of nitrogens with zero attached hydrogens (tertiary/aromatic N) is 2. The molecule has 0 aromatic rings. The number of hydrogen-bond donors (Lipinski definition) is 2. The van der Waals surface area contributed by atoms with Crippen LogP contribution in [0.3, 0.4) is 0 Å². The van der Waals surface area contributed by atoms with Crippen molar-refractivity contribution in [3.63, 3.8) is 0 Å². The molecular weight excluding hydrogens is 263 g/mol. The predicted molar refractivity (Wildman–Crippen MR) is 64.6 cm³/mol. The Hall–Kier alpha value is -1.08. The Kier molecular flexibility index (Phi) is 7.61. The van der Waals surface area contributed by atoms with Crippen molar-refractivity contribution in [2.45, 2.75) is 6.92 Å². The second kappa shape index (κ2) is 8.10. The molecule has 2 N–H and O–H groups in total. The molecule has 0 amide bonds. The van der Waals surface area contributed by atoms with E-state index in [0.29, 0.717) is 6.67 Å². The largest absolute Gasteiger partial charge is 0.480 e. The summed E-state index contributed by atoms with van der Waals surface area (Å²) in [5.41, 5.74) is 0. The van der Waals surface area contributed by atoms with Crippen LogP contribution in [-0.4, -0.2) is 59.7 Å². The normalized spacial score (nSPS) is 14.4. The first kappa shape index (κ1) is 16.9. The van der Waals surface area contributed by atoms with Crippen molar-refractivity contribution in [2.75, 3.05) is 34.0 Å². The van der Waals surface area contributed by atoms with Gasteiger partial charge in [0.2, 0.25) is 0 Å². The van der Waals surface area contributed by atoms with Crippen molar-refractivity contribution in [3.8, 4) is 0 Å². The summed E-state index contributed by atoms with van der Waals surface area (Å²) in [6.07, 6.45) is 3.71. The highest BCUT2D eigenvalue weighted by Crippen LogP contribution is 2.40. The zero-order valence-corrected chi connectivity index (χ0v) is 11.5. The van der Waals surface area contributed by atoms with Crippen molar-refractivity contribution in [1.29, 1.82) is 0 Å². The molecular formula is C9H19N2O6P. The number of carboxylic acids is 1. The minimum atomic E-state index is -3.65. The lowest BCUT2D eigenvalue weighted by Gasteiger charge is -2.17. The Morgan fingerprint density at radius 3 is 2.11 bits per heavy atom. The van der Waals surface area contributed by atoms with Gasteiger partial charge in [-0.3, -0.25) is 13.8 Å². The number of carbonyl (C=O) groups is 1. The highest BCUT2D eigenvalue weighted by molar-refractivity contribution is 7.47. The number of aliphatic carboxylic acids is 1. The minimum absolute atomic E-state index is 0.0903. The summed E-state index contributed by atoms with van der Waals surface area (Å²) in [5, 5.41) is 8.44. The second-order valence-electron chi connectivity index (χ2n) is 3.32. The first-order valence-electron chi connectivity index (χ1n) is 5.17. The van der Waals surface area contributed by atoms with Gasteiger partial charge in [-0.05, 0) is 6.92 Å². The van der Waals surface area contributed by atoms with Crippen LogP contribution in [0.5, 0.6) is 0 Å². The number of phosphoric acid groups is 1. The summed E-state index contributed by atoms with van der Waals surface area (Å²) in [6.45, 7) is 3.75. The molecule has 8 nitrogen and oxygen atoms in total. The smallest absolute Gasteiger partial charge is 0.471 e. The van der Waals surface area contributed by atoms with Crippen molar-refractivity contribution in [1.82, 2.24) is 9.80 Å². The van der Waals surface area contributed by atoms with Crippen LogP contribution in [0, 0.1) is 0 Å². The van der Waals surface area contributed by atoms with Gasteiger partial charge in [-0.2, -0.15) is 0 Å². The van der Waals surface area contributed by atoms with Crippen LogP contribution in [0.1, 0.15) is 6.92 Å². The predicted octanol–water partition coefficient (Wildman–Crippen LogP) is 0.517. The van der Waals surface area contributed by atoms with E-state index in [1.807, 2.05) is 18.0 Å². The SMILES string of the molecule is CCN1C=CN(CC(=O)O)C1.COP(=O)(O)OC. The lowest BCUT2D eigenvalue weighted by molar-refractivity contribution is -0.137. The first-order valence-corrected chi connectivity index (χ1v) is 6.66. The third kappa shape index (κ3) is 7.29. The molecule has 1 rings (SSSR count). The van der Waals surface area contributed by atoms with Gasteiger partial charge < -0.3 is 19.8 Å². The molecule has 1 aliphatic heterocycles. The van der Waals surface area contributed by atoms with Gasteiger partial charge in [-0.15, -0.1) is 0 Å². The molecule has 0 spiro atoms. The topological polar surface area (TPSA) is 99.5 Å². The van der Waals surface area contributed by atoms with Gasteiger partial charge in [-0.1, -0.05) is 0 Å². The zero-order chi connectivity index (χ0) is 14.2. The molecule has 0 bridgehead atoms. The second-order valence-corrected chi connectivity index (χ2v) is 4.99. The molecule has 9 heteroatoms. The van der Waals surface area contributed by atoms with Crippen LogP contribution in [0.4, 0.5) is 0 Å². The van der Waals surface area contributed by atoms with E-state index < -0.39 is 13.8 Å². The van der Waals surface area contributed by atoms with Gasteiger partial charge in [0.05, 0.1) is 6.67 Å². The Bertz CT molecular complexity index is 327. The summed E-state index contributed by atoms with van der Waals surface area (Å²) in [4.78, 5) is 22.3. The molecule has 1 heterocycles. The molecule has 0 aromatic heterocycles. The monoisotopic (exact) mass is 282 g/mol. The van der Waals surface area contributed by atoms with E-state index in [0.717, 1.165) is 20.8 Å². The van der Waals surface area contributed by atoms with Crippen molar-refractivity contribution < 1.29 is 28.4 Å². The number of hydrogen-bond acceptors (Lipinski definition) is 6.